The van der Waals surface area contributed by atoms with Gasteiger partial charge in [-0.2, -0.15) is 5.10 Å². The fraction of sp³-hybridized carbons (Fsp3) is 0.727. The van der Waals surface area contributed by atoms with E-state index >= 15 is 0 Å². The van der Waals surface area contributed by atoms with Crippen LogP contribution in [0.25, 0.3) is 0 Å². The zero-order valence-corrected chi connectivity index (χ0v) is 10.9. The number of nitrogens with zero attached hydrogens (tertiary/aromatic N) is 2. The van der Waals surface area contributed by atoms with Crippen molar-refractivity contribution in [1.82, 2.24) is 9.78 Å². The van der Waals surface area contributed by atoms with Gasteiger partial charge in [0.25, 0.3) is 0 Å². The van der Waals surface area contributed by atoms with Crippen LogP contribution in [0.3, 0.4) is 0 Å². The summed E-state index contributed by atoms with van der Waals surface area (Å²) in [6, 6.07) is 0.0255. The molecule has 17 heavy (non-hydrogen) atoms. The number of aromatic nitrogens is 2. The molecule has 96 valence electrons. The first-order valence-electron chi connectivity index (χ1n) is 5.88. The van der Waals surface area contributed by atoms with E-state index in [2.05, 4.69) is 5.10 Å². The Hall–Kier alpha value is -0.880. The second-order valence-corrected chi connectivity index (χ2v) is 7.22. The van der Waals surface area contributed by atoms with Crippen molar-refractivity contribution in [2.75, 3.05) is 11.5 Å². The zero-order valence-electron chi connectivity index (χ0n) is 10.0. The summed E-state index contributed by atoms with van der Waals surface area (Å²) >= 11 is 0. The minimum atomic E-state index is -2.78. The first-order chi connectivity index (χ1) is 7.94. The van der Waals surface area contributed by atoms with E-state index in [0.717, 1.165) is 24.8 Å². The quantitative estimate of drug-likeness (QED) is 0.830. The topological polar surface area (TPSA) is 78.0 Å². The molecule has 0 aliphatic carbocycles. The summed E-state index contributed by atoms with van der Waals surface area (Å²) in [5.41, 5.74) is 7.16. The number of sulfone groups is 1. The van der Waals surface area contributed by atoms with E-state index in [1.807, 2.05) is 19.4 Å². The number of hydrogen-bond acceptors (Lipinski definition) is 4. The van der Waals surface area contributed by atoms with Gasteiger partial charge in [-0.15, -0.1) is 0 Å². The average molecular weight is 257 g/mol. The summed E-state index contributed by atoms with van der Waals surface area (Å²) in [6.07, 6.45) is 6.08. The van der Waals surface area contributed by atoms with Gasteiger partial charge in [0.15, 0.2) is 9.84 Å². The molecule has 1 fully saturated rings. The molecule has 0 amide bonds. The molecule has 1 saturated heterocycles. The smallest absolute Gasteiger partial charge is 0.150 e. The van der Waals surface area contributed by atoms with E-state index in [1.165, 1.54) is 0 Å². The van der Waals surface area contributed by atoms with E-state index < -0.39 is 9.84 Å². The van der Waals surface area contributed by atoms with Crippen LogP contribution in [0.2, 0.25) is 0 Å². The molecule has 0 bridgehead atoms. The van der Waals surface area contributed by atoms with Crippen molar-refractivity contribution < 1.29 is 8.42 Å². The summed E-state index contributed by atoms with van der Waals surface area (Å²) in [4.78, 5) is 0. The Balaban J connectivity index is 1.84. The summed E-state index contributed by atoms with van der Waals surface area (Å²) in [7, 11) is -0.908. The summed E-state index contributed by atoms with van der Waals surface area (Å²) in [5.74, 6) is 0.886. The van der Waals surface area contributed by atoms with Crippen molar-refractivity contribution in [3.63, 3.8) is 0 Å². The highest BCUT2D eigenvalue weighted by molar-refractivity contribution is 7.91. The number of hydrogen-bond donors (Lipinski definition) is 1. The zero-order chi connectivity index (χ0) is 12.5. The van der Waals surface area contributed by atoms with Gasteiger partial charge in [0, 0.05) is 19.3 Å². The Morgan fingerprint density at radius 1 is 1.65 bits per heavy atom. The summed E-state index contributed by atoms with van der Waals surface area (Å²) in [6.45, 7) is 0. The molecule has 1 aromatic rings. The highest BCUT2D eigenvalue weighted by atomic mass is 32.2. The molecular formula is C11H19N3O2S. The van der Waals surface area contributed by atoms with Crippen molar-refractivity contribution in [1.29, 1.82) is 0 Å². The lowest BCUT2D eigenvalue weighted by Gasteiger charge is -2.14. The average Bonchev–Trinajstić information content (AvgIpc) is 2.73. The molecule has 5 nitrogen and oxygen atoms in total. The Kier molecular flexibility index (Phi) is 3.53. The molecule has 2 rings (SSSR count). The lowest BCUT2D eigenvalue weighted by atomic mass is 9.96. The highest BCUT2D eigenvalue weighted by Gasteiger charge is 2.28. The van der Waals surface area contributed by atoms with E-state index in [9.17, 15) is 8.42 Å². The van der Waals surface area contributed by atoms with Crippen LogP contribution < -0.4 is 5.73 Å². The van der Waals surface area contributed by atoms with Crippen LogP contribution in [0, 0.1) is 5.92 Å². The minimum absolute atomic E-state index is 0.0255. The molecule has 1 aliphatic rings. The highest BCUT2D eigenvalue weighted by Crippen LogP contribution is 2.23. The van der Waals surface area contributed by atoms with Crippen molar-refractivity contribution >= 4 is 9.84 Å². The van der Waals surface area contributed by atoms with Gasteiger partial charge in [0.05, 0.1) is 17.7 Å². The third-order valence-corrected chi connectivity index (χ3v) is 5.06. The molecule has 0 saturated carbocycles. The molecule has 6 heteroatoms. The summed E-state index contributed by atoms with van der Waals surface area (Å²) < 4.78 is 24.4. The molecule has 0 aromatic carbocycles. The molecule has 2 atom stereocenters. The largest absolute Gasteiger partial charge is 0.327 e. The fourth-order valence-corrected chi connectivity index (χ4v) is 4.33. The van der Waals surface area contributed by atoms with Gasteiger partial charge in [-0.3, -0.25) is 4.68 Å². The predicted octanol–water partition coefficient (Wildman–Crippen LogP) is 0.115. The van der Waals surface area contributed by atoms with E-state index in [4.69, 9.17) is 5.73 Å². The van der Waals surface area contributed by atoms with Crippen LogP contribution in [0.1, 0.15) is 18.4 Å². The van der Waals surface area contributed by atoms with Crippen LogP contribution in [-0.2, 0) is 23.3 Å². The van der Waals surface area contributed by atoms with Crippen molar-refractivity contribution in [2.45, 2.75) is 25.3 Å². The molecule has 0 spiro atoms. The lowest BCUT2D eigenvalue weighted by Crippen LogP contribution is -2.26. The van der Waals surface area contributed by atoms with Gasteiger partial charge < -0.3 is 5.73 Å². The number of nitrogens with two attached hydrogens (primary N) is 1. The first-order valence-corrected chi connectivity index (χ1v) is 7.70. The minimum Gasteiger partial charge on any atom is -0.327 e. The van der Waals surface area contributed by atoms with Crippen LogP contribution in [-0.4, -0.2) is 35.7 Å². The van der Waals surface area contributed by atoms with E-state index in [1.54, 1.807) is 4.68 Å². The maximum atomic E-state index is 11.3. The van der Waals surface area contributed by atoms with Crippen molar-refractivity contribution in [3.8, 4) is 0 Å². The fourth-order valence-electron chi connectivity index (χ4n) is 2.45. The Morgan fingerprint density at radius 2 is 2.41 bits per heavy atom. The Labute approximate surface area is 102 Å². The van der Waals surface area contributed by atoms with E-state index in [-0.39, 0.29) is 12.0 Å². The van der Waals surface area contributed by atoms with Crippen LogP contribution in [0.15, 0.2) is 12.4 Å². The monoisotopic (exact) mass is 257 g/mol. The normalized spacial score (nSPS) is 24.9. The molecular weight excluding hydrogens is 238 g/mol. The van der Waals surface area contributed by atoms with Gasteiger partial charge >= 0.3 is 0 Å². The van der Waals surface area contributed by atoms with Crippen molar-refractivity contribution in [2.24, 2.45) is 18.7 Å². The predicted molar refractivity (Wildman–Crippen MR) is 66.3 cm³/mol. The Morgan fingerprint density at radius 3 is 2.94 bits per heavy atom. The van der Waals surface area contributed by atoms with Gasteiger partial charge in [0.2, 0.25) is 0 Å². The first kappa shape index (κ1) is 12.6. The van der Waals surface area contributed by atoms with Gasteiger partial charge in [-0.25, -0.2) is 8.42 Å². The number of rotatable bonds is 4. The molecule has 2 unspecified atom stereocenters. The molecule has 1 aliphatic heterocycles. The van der Waals surface area contributed by atoms with E-state index in [0.29, 0.717) is 11.5 Å². The second kappa shape index (κ2) is 4.78. The molecule has 0 radical (unpaired) electrons. The molecule has 2 N–H and O–H groups in total. The molecule has 1 aromatic heterocycles. The van der Waals surface area contributed by atoms with Crippen LogP contribution in [0.5, 0.6) is 0 Å². The Bertz CT molecular complexity index is 481. The van der Waals surface area contributed by atoms with Crippen LogP contribution >= 0.6 is 0 Å². The van der Waals surface area contributed by atoms with Gasteiger partial charge in [0.1, 0.15) is 0 Å². The lowest BCUT2D eigenvalue weighted by molar-refractivity contribution is 0.468. The second-order valence-electron chi connectivity index (χ2n) is 4.99. The van der Waals surface area contributed by atoms with Crippen molar-refractivity contribution in [3.05, 3.63) is 18.0 Å². The standard InChI is InChI=1S/C11H19N3O2S/c1-14-7-10(6-13-14)5-11(12)4-9-2-3-17(15,16)8-9/h6-7,9,11H,2-5,8,12H2,1H3. The number of aryl methyl sites for hydroxylation is 1. The summed E-state index contributed by atoms with van der Waals surface area (Å²) in [5, 5.41) is 4.09. The van der Waals surface area contributed by atoms with Crippen LogP contribution in [0.4, 0.5) is 0 Å². The maximum absolute atomic E-state index is 11.3. The van der Waals surface area contributed by atoms with Gasteiger partial charge in [-0.05, 0) is 30.7 Å². The maximum Gasteiger partial charge on any atom is 0.150 e. The third kappa shape index (κ3) is 3.54. The van der Waals surface area contributed by atoms with Gasteiger partial charge in [-0.1, -0.05) is 0 Å². The SMILES string of the molecule is Cn1cc(CC(N)CC2CCS(=O)(=O)C2)cn1. The molecule has 2 heterocycles. The third-order valence-electron chi connectivity index (χ3n) is 3.22.